The van der Waals surface area contributed by atoms with E-state index in [9.17, 15) is 9.59 Å². The Morgan fingerprint density at radius 2 is 2.03 bits per heavy atom. The van der Waals surface area contributed by atoms with Crippen molar-refractivity contribution in [2.45, 2.75) is 56.1 Å². The van der Waals surface area contributed by atoms with Crippen molar-refractivity contribution in [1.82, 2.24) is 4.90 Å². The maximum absolute atomic E-state index is 13.8. The highest BCUT2D eigenvalue weighted by atomic mass is 16.5. The van der Waals surface area contributed by atoms with Crippen LogP contribution in [0.15, 0.2) is 42.5 Å². The molecule has 2 fully saturated rings. The first-order valence-corrected chi connectivity index (χ1v) is 12.2. The molecular weight excluding hydrogens is 414 g/mol. The molecule has 1 unspecified atom stereocenters. The van der Waals surface area contributed by atoms with Crippen LogP contribution < -0.4 is 9.47 Å². The van der Waals surface area contributed by atoms with E-state index in [0.717, 1.165) is 38.0 Å². The molecule has 2 aromatic carbocycles. The Morgan fingerprint density at radius 1 is 1.21 bits per heavy atom. The summed E-state index contributed by atoms with van der Waals surface area (Å²) in [7, 11) is 3.84. The molecular formula is C28H31NO4. The van der Waals surface area contributed by atoms with E-state index < -0.39 is 12.0 Å². The van der Waals surface area contributed by atoms with Gasteiger partial charge < -0.3 is 14.4 Å². The minimum absolute atomic E-state index is 0.00892. The summed E-state index contributed by atoms with van der Waals surface area (Å²) in [6, 6.07) is 14.7. The summed E-state index contributed by atoms with van der Waals surface area (Å²) in [5.74, 6) is 1.22. The second-order valence-electron chi connectivity index (χ2n) is 10.3. The monoisotopic (exact) mass is 445 g/mol. The molecule has 1 saturated carbocycles. The molecule has 6 rings (SSSR count). The summed E-state index contributed by atoms with van der Waals surface area (Å²) < 4.78 is 12.1. The van der Waals surface area contributed by atoms with Crippen LogP contribution >= 0.6 is 0 Å². The van der Waals surface area contributed by atoms with E-state index in [1.54, 1.807) is 7.11 Å². The summed E-state index contributed by atoms with van der Waals surface area (Å²) in [6.07, 6.45) is 3.99. The number of methoxy groups -OCH3 is 1. The normalized spacial score (nSPS) is 31.6. The fourth-order valence-corrected chi connectivity index (χ4v) is 7.25. The lowest BCUT2D eigenvalue weighted by atomic mass is 9.49. The van der Waals surface area contributed by atoms with E-state index in [1.807, 2.05) is 24.3 Å². The molecule has 5 heteroatoms. The molecule has 5 nitrogen and oxygen atoms in total. The number of hydrogen-bond donors (Lipinski definition) is 0. The fourth-order valence-electron chi connectivity index (χ4n) is 7.25. The zero-order chi connectivity index (χ0) is 22.7. The molecule has 0 amide bonds. The second-order valence-corrected chi connectivity index (χ2v) is 10.3. The standard InChI is InChI=1S/C28H31NO4/c1-29-14-13-28-20-16-19(22(30)10-6-9-17-7-4-3-5-8-17)25(31)27(28)33-26-23(32-2)12-11-18(24(26)28)15-21(20)29/h3-5,7-8,11-12,19-21,27H,6,9-10,13-16H2,1-2H3/t19?,20-,21+,27-,28-/m0/s1. The second kappa shape index (κ2) is 7.69. The average Bonchev–Trinajstić information content (AvgIpc) is 3.18. The number of nitrogens with zero attached hydrogens (tertiary/aromatic N) is 1. The van der Waals surface area contributed by atoms with Gasteiger partial charge in [-0.1, -0.05) is 36.4 Å². The highest BCUT2D eigenvalue weighted by molar-refractivity contribution is 6.06. The quantitative estimate of drug-likeness (QED) is 0.634. The van der Waals surface area contributed by atoms with Crippen LogP contribution in [-0.4, -0.2) is 49.3 Å². The molecule has 2 aromatic rings. The number of ether oxygens (including phenoxy) is 2. The number of piperidine rings is 1. The maximum atomic E-state index is 13.8. The molecule has 1 saturated heterocycles. The van der Waals surface area contributed by atoms with Gasteiger partial charge in [0.05, 0.1) is 13.0 Å². The number of aryl methyl sites for hydroxylation is 1. The highest BCUT2D eigenvalue weighted by Gasteiger charge is 2.67. The molecule has 2 heterocycles. The number of carbonyl (C=O) groups is 2. The van der Waals surface area contributed by atoms with Crippen LogP contribution in [-0.2, 0) is 27.8 Å². The molecule has 0 N–H and O–H groups in total. The summed E-state index contributed by atoms with van der Waals surface area (Å²) in [6.45, 7) is 0.945. The Hall–Kier alpha value is -2.66. The molecule has 172 valence electrons. The molecule has 2 aliphatic carbocycles. The van der Waals surface area contributed by atoms with Gasteiger partial charge in [0.1, 0.15) is 5.78 Å². The van der Waals surface area contributed by atoms with Crippen LogP contribution in [0.3, 0.4) is 0 Å². The number of likely N-dealkylation sites (N-methyl/N-ethyl adjacent to an activating group) is 1. The number of likely N-dealkylation sites (tertiary alicyclic amines) is 1. The number of hydrogen-bond acceptors (Lipinski definition) is 5. The van der Waals surface area contributed by atoms with Crippen LogP contribution in [0.4, 0.5) is 0 Å². The third-order valence-corrected chi connectivity index (χ3v) is 8.81. The fraction of sp³-hybridized carbons (Fsp3) is 0.500. The average molecular weight is 446 g/mol. The van der Waals surface area contributed by atoms with Crippen molar-refractivity contribution in [2.24, 2.45) is 11.8 Å². The number of Topliss-reactive ketones (excluding diaryl/α,β-unsaturated/α-hetero) is 2. The Balaban J connectivity index is 1.31. The molecule has 5 atom stereocenters. The Labute approximate surface area is 195 Å². The van der Waals surface area contributed by atoms with Crippen molar-refractivity contribution in [3.8, 4) is 11.5 Å². The molecule has 1 spiro atoms. The van der Waals surface area contributed by atoms with E-state index in [2.05, 4.69) is 30.1 Å². The lowest BCUT2D eigenvalue weighted by Gasteiger charge is -2.58. The van der Waals surface area contributed by atoms with Gasteiger partial charge in [-0.2, -0.15) is 0 Å². The molecule has 0 radical (unpaired) electrons. The van der Waals surface area contributed by atoms with Crippen LogP contribution in [0.2, 0.25) is 0 Å². The molecule has 33 heavy (non-hydrogen) atoms. The van der Waals surface area contributed by atoms with Crippen molar-refractivity contribution < 1.29 is 19.1 Å². The van der Waals surface area contributed by atoms with E-state index >= 15 is 0 Å². The van der Waals surface area contributed by atoms with Crippen LogP contribution in [0.5, 0.6) is 11.5 Å². The minimum Gasteiger partial charge on any atom is -0.493 e. The Kier molecular flexibility index (Phi) is 4.88. The Morgan fingerprint density at radius 3 is 2.82 bits per heavy atom. The minimum atomic E-state index is -0.569. The summed E-state index contributed by atoms with van der Waals surface area (Å²) in [4.78, 5) is 29.6. The first-order valence-electron chi connectivity index (χ1n) is 12.2. The largest absolute Gasteiger partial charge is 0.493 e. The van der Waals surface area contributed by atoms with Gasteiger partial charge in [0.25, 0.3) is 0 Å². The van der Waals surface area contributed by atoms with E-state index in [-0.39, 0.29) is 22.9 Å². The predicted molar refractivity (Wildman–Crippen MR) is 125 cm³/mol. The predicted octanol–water partition coefficient (Wildman–Crippen LogP) is 3.75. The van der Waals surface area contributed by atoms with Gasteiger partial charge in [0, 0.05) is 23.4 Å². The summed E-state index contributed by atoms with van der Waals surface area (Å²) in [5.41, 5.74) is 3.40. The molecule has 2 bridgehead atoms. The van der Waals surface area contributed by atoms with Crippen molar-refractivity contribution in [1.29, 1.82) is 0 Å². The van der Waals surface area contributed by atoms with Crippen LogP contribution in [0.25, 0.3) is 0 Å². The van der Waals surface area contributed by atoms with E-state index in [4.69, 9.17) is 9.47 Å². The van der Waals surface area contributed by atoms with Gasteiger partial charge in [0.2, 0.25) is 0 Å². The third kappa shape index (κ3) is 2.94. The summed E-state index contributed by atoms with van der Waals surface area (Å²) in [5, 5.41) is 0. The van der Waals surface area contributed by atoms with Crippen molar-refractivity contribution in [3.05, 3.63) is 59.2 Å². The van der Waals surface area contributed by atoms with Gasteiger partial charge in [0.15, 0.2) is 23.4 Å². The molecule has 0 aromatic heterocycles. The lowest BCUT2D eigenvalue weighted by molar-refractivity contribution is -0.150. The first kappa shape index (κ1) is 20.9. The van der Waals surface area contributed by atoms with Crippen molar-refractivity contribution in [3.63, 3.8) is 0 Å². The van der Waals surface area contributed by atoms with Gasteiger partial charge >= 0.3 is 0 Å². The molecule has 2 aliphatic heterocycles. The van der Waals surface area contributed by atoms with E-state index in [0.29, 0.717) is 24.6 Å². The topological polar surface area (TPSA) is 55.8 Å². The SMILES string of the molecule is COc1ccc2c3c1O[C@H]1C(=O)C(C(=O)CCCc4ccccc4)C[C@H]4[C@@H](C2)N(C)CC[C@]314. The third-order valence-electron chi connectivity index (χ3n) is 8.81. The van der Waals surface area contributed by atoms with Gasteiger partial charge in [-0.3, -0.25) is 9.59 Å². The zero-order valence-corrected chi connectivity index (χ0v) is 19.4. The molecule has 4 aliphatic rings. The van der Waals surface area contributed by atoms with E-state index in [1.165, 1.54) is 16.7 Å². The lowest BCUT2D eigenvalue weighted by Crippen LogP contribution is -2.67. The Bertz CT molecular complexity index is 1110. The zero-order valence-electron chi connectivity index (χ0n) is 19.4. The number of carbonyl (C=O) groups excluding carboxylic acids is 2. The highest BCUT2D eigenvalue weighted by Crippen LogP contribution is 2.63. The number of benzene rings is 2. The maximum Gasteiger partial charge on any atom is 0.184 e. The van der Waals surface area contributed by atoms with Crippen LogP contribution in [0, 0.1) is 11.8 Å². The van der Waals surface area contributed by atoms with Crippen LogP contribution in [0.1, 0.15) is 42.4 Å². The first-order chi connectivity index (χ1) is 16.0. The van der Waals surface area contributed by atoms with Gasteiger partial charge in [-0.15, -0.1) is 0 Å². The smallest absolute Gasteiger partial charge is 0.184 e. The van der Waals surface area contributed by atoms with Gasteiger partial charge in [-0.05, 0) is 68.8 Å². The van der Waals surface area contributed by atoms with Crippen molar-refractivity contribution >= 4 is 11.6 Å². The number of rotatable bonds is 6. The number of ketones is 2. The van der Waals surface area contributed by atoms with Gasteiger partial charge in [-0.25, -0.2) is 0 Å². The summed E-state index contributed by atoms with van der Waals surface area (Å²) >= 11 is 0. The van der Waals surface area contributed by atoms with Crippen molar-refractivity contribution in [2.75, 3.05) is 20.7 Å².